The number of fused-ring (bicyclic) bond motifs is 1. The van der Waals surface area contributed by atoms with Gasteiger partial charge in [-0.15, -0.1) is 0 Å². The van der Waals surface area contributed by atoms with Crippen LogP contribution in [0.5, 0.6) is 11.5 Å². The van der Waals surface area contributed by atoms with Crippen LogP contribution in [0, 0.1) is 0 Å². The number of hydrogen-bond donors (Lipinski definition) is 1. The number of benzene rings is 2. The molecule has 0 saturated heterocycles. The molecule has 3 rings (SSSR count). The quantitative estimate of drug-likeness (QED) is 0.731. The van der Waals surface area contributed by atoms with Crippen LogP contribution in [0.15, 0.2) is 53.4 Å². The van der Waals surface area contributed by atoms with Crippen molar-refractivity contribution in [3.8, 4) is 11.5 Å². The first-order chi connectivity index (χ1) is 13.5. The fourth-order valence-corrected chi connectivity index (χ4v) is 4.38. The van der Waals surface area contributed by atoms with Crippen molar-refractivity contribution in [2.45, 2.75) is 37.1 Å². The lowest BCUT2D eigenvalue weighted by molar-refractivity contribution is -0.121. The van der Waals surface area contributed by atoms with E-state index in [1.54, 1.807) is 6.07 Å². The van der Waals surface area contributed by atoms with E-state index >= 15 is 0 Å². The summed E-state index contributed by atoms with van der Waals surface area (Å²) in [6.07, 6.45) is 1.61. The van der Waals surface area contributed by atoms with Gasteiger partial charge in [-0.25, -0.2) is 8.42 Å². The van der Waals surface area contributed by atoms with Crippen LogP contribution < -0.4 is 14.8 Å². The van der Waals surface area contributed by atoms with Crippen molar-refractivity contribution in [2.24, 2.45) is 0 Å². The molecule has 1 amide bonds. The summed E-state index contributed by atoms with van der Waals surface area (Å²) in [5.41, 5.74) is 1.02. The molecule has 28 heavy (non-hydrogen) atoms. The van der Waals surface area contributed by atoms with Crippen LogP contribution in [-0.4, -0.2) is 33.3 Å². The highest BCUT2D eigenvalue weighted by Gasteiger charge is 2.21. The Bertz CT molecular complexity index is 912. The fourth-order valence-electron chi connectivity index (χ4n) is 3.12. The Hall–Kier alpha value is -2.54. The first-order valence-corrected chi connectivity index (χ1v) is 11.1. The third-order valence-electron chi connectivity index (χ3n) is 4.59. The first-order valence-electron chi connectivity index (χ1n) is 9.46. The Labute approximate surface area is 165 Å². The third kappa shape index (κ3) is 5.04. The smallest absolute Gasteiger partial charge is 0.221 e. The van der Waals surface area contributed by atoms with E-state index in [1.807, 2.05) is 30.3 Å². The van der Waals surface area contributed by atoms with Crippen molar-refractivity contribution in [3.63, 3.8) is 0 Å². The predicted molar refractivity (Wildman–Crippen MR) is 106 cm³/mol. The molecule has 7 heteroatoms. The fraction of sp³-hybridized carbons (Fsp3) is 0.381. The molecule has 1 aliphatic heterocycles. The Balaban J connectivity index is 1.62. The highest BCUT2D eigenvalue weighted by Crippen LogP contribution is 2.32. The monoisotopic (exact) mass is 403 g/mol. The lowest BCUT2D eigenvalue weighted by atomic mass is 10.0. The molecule has 2 aromatic rings. The second kappa shape index (κ2) is 9.10. The highest BCUT2D eigenvalue weighted by atomic mass is 32.2. The Morgan fingerprint density at radius 2 is 1.79 bits per heavy atom. The number of sulfone groups is 1. The van der Waals surface area contributed by atoms with Gasteiger partial charge in [-0.2, -0.15) is 0 Å². The number of carbonyl (C=O) groups excluding carboxylic acids is 1. The number of carbonyl (C=O) groups is 1. The molecule has 0 radical (unpaired) electrons. The number of hydrogen-bond acceptors (Lipinski definition) is 5. The number of rotatable bonds is 8. The molecular weight excluding hydrogens is 378 g/mol. The molecule has 1 unspecified atom stereocenters. The number of ether oxygens (including phenoxy) is 2. The van der Waals surface area contributed by atoms with Crippen molar-refractivity contribution in [1.29, 1.82) is 0 Å². The minimum absolute atomic E-state index is 0.0934. The molecule has 1 atom stereocenters. The van der Waals surface area contributed by atoms with Gasteiger partial charge in [0.05, 0.1) is 16.7 Å². The molecule has 150 valence electrons. The lowest BCUT2D eigenvalue weighted by Gasteiger charge is -2.19. The standard InChI is InChI=1S/C21H25NO5S/c1-2-6-18(16-7-4-3-5-8-16)22-21(23)11-14-28(24,25)17-9-10-19-20(15-17)27-13-12-26-19/h3-5,7-10,15,18H,2,6,11-14H2,1H3,(H,22,23). The second-order valence-corrected chi connectivity index (χ2v) is 8.80. The summed E-state index contributed by atoms with van der Waals surface area (Å²) in [7, 11) is -3.60. The van der Waals surface area contributed by atoms with Crippen molar-refractivity contribution in [2.75, 3.05) is 19.0 Å². The van der Waals surface area contributed by atoms with Crippen LogP contribution >= 0.6 is 0 Å². The Morgan fingerprint density at radius 3 is 2.50 bits per heavy atom. The molecule has 2 aromatic carbocycles. The van der Waals surface area contributed by atoms with Gasteiger partial charge in [0.1, 0.15) is 13.2 Å². The molecule has 0 bridgehead atoms. The van der Waals surface area contributed by atoms with Crippen LogP contribution in [0.1, 0.15) is 37.8 Å². The molecule has 0 aromatic heterocycles. The van der Waals surface area contributed by atoms with Crippen LogP contribution in [0.4, 0.5) is 0 Å². The van der Waals surface area contributed by atoms with Gasteiger partial charge in [-0.1, -0.05) is 43.7 Å². The summed E-state index contributed by atoms with van der Waals surface area (Å²) in [6.45, 7) is 2.88. The first kappa shape index (κ1) is 20.2. The largest absolute Gasteiger partial charge is 0.486 e. The molecule has 0 spiro atoms. The summed E-state index contributed by atoms with van der Waals surface area (Å²) < 4.78 is 36.1. The second-order valence-electron chi connectivity index (χ2n) is 6.69. The number of amides is 1. The van der Waals surface area contributed by atoms with E-state index in [2.05, 4.69) is 12.2 Å². The summed E-state index contributed by atoms with van der Waals surface area (Å²) >= 11 is 0. The molecule has 0 fully saturated rings. The van der Waals surface area contributed by atoms with Crippen molar-refractivity contribution >= 4 is 15.7 Å². The Morgan fingerprint density at radius 1 is 1.07 bits per heavy atom. The molecule has 1 heterocycles. The van der Waals surface area contributed by atoms with Crippen molar-refractivity contribution in [3.05, 3.63) is 54.1 Å². The van der Waals surface area contributed by atoms with Gasteiger partial charge in [-0.3, -0.25) is 4.79 Å². The van der Waals surface area contributed by atoms with Crippen LogP contribution in [0.2, 0.25) is 0 Å². The van der Waals surface area contributed by atoms with E-state index in [0.29, 0.717) is 24.7 Å². The van der Waals surface area contributed by atoms with Gasteiger partial charge >= 0.3 is 0 Å². The number of nitrogens with one attached hydrogen (secondary N) is 1. The van der Waals surface area contributed by atoms with E-state index in [9.17, 15) is 13.2 Å². The van der Waals surface area contributed by atoms with Gasteiger partial charge in [0, 0.05) is 12.5 Å². The third-order valence-corrected chi connectivity index (χ3v) is 6.30. The van der Waals surface area contributed by atoms with Gasteiger partial charge < -0.3 is 14.8 Å². The van der Waals surface area contributed by atoms with Crippen LogP contribution in [0.3, 0.4) is 0 Å². The SMILES string of the molecule is CCCC(NC(=O)CCS(=O)(=O)c1ccc2c(c1)OCCO2)c1ccccc1. The van der Waals surface area contributed by atoms with E-state index in [-0.39, 0.29) is 29.0 Å². The topological polar surface area (TPSA) is 81.7 Å². The minimum atomic E-state index is -3.60. The summed E-state index contributed by atoms with van der Waals surface area (Å²) in [5, 5.41) is 2.96. The molecule has 1 N–H and O–H groups in total. The minimum Gasteiger partial charge on any atom is -0.486 e. The average Bonchev–Trinajstić information content (AvgIpc) is 2.72. The highest BCUT2D eigenvalue weighted by molar-refractivity contribution is 7.91. The van der Waals surface area contributed by atoms with Gasteiger partial charge in [0.2, 0.25) is 5.91 Å². The van der Waals surface area contributed by atoms with E-state index in [4.69, 9.17) is 9.47 Å². The summed E-state index contributed by atoms with van der Waals surface area (Å²) in [6, 6.07) is 14.1. The van der Waals surface area contributed by atoms with Gasteiger partial charge in [0.25, 0.3) is 0 Å². The average molecular weight is 404 g/mol. The lowest BCUT2D eigenvalue weighted by Crippen LogP contribution is -2.30. The summed E-state index contributed by atoms with van der Waals surface area (Å²) in [5.74, 6) is 0.423. The zero-order chi connectivity index (χ0) is 20.0. The molecule has 0 saturated carbocycles. The van der Waals surface area contributed by atoms with E-state index in [1.165, 1.54) is 12.1 Å². The maximum absolute atomic E-state index is 12.6. The van der Waals surface area contributed by atoms with E-state index in [0.717, 1.165) is 18.4 Å². The molecule has 1 aliphatic rings. The van der Waals surface area contributed by atoms with E-state index < -0.39 is 9.84 Å². The molecule has 6 nitrogen and oxygen atoms in total. The maximum Gasteiger partial charge on any atom is 0.221 e. The van der Waals surface area contributed by atoms with Crippen LogP contribution in [0.25, 0.3) is 0 Å². The maximum atomic E-state index is 12.6. The predicted octanol–water partition coefficient (Wildman–Crippen LogP) is 3.28. The Kier molecular flexibility index (Phi) is 6.57. The normalized spacial score (nSPS) is 14.3. The van der Waals surface area contributed by atoms with Gasteiger partial charge in [-0.05, 0) is 24.1 Å². The van der Waals surface area contributed by atoms with Crippen LogP contribution in [-0.2, 0) is 14.6 Å². The van der Waals surface area contributed by atoms with Gasteiger partial charge in [0.15, 0.2) is 21.3 Å². The molecule has 0 aliphatic carbocycles. The molecular formula is C21H25NO5S. The zero-order valence-corrected chi connectivity index (χ0v) is 16.7. The van der Waals surface area contributed by atoms with Crippen molar-refractivity contribution in [1.82, 2.24) is 5.32 Å². The summed E-state index contributed by atoms with van der Waals surface area (Å²) in [4.78, 5) is 12.5. The zero-order valence-electron chi connectivity index (χ0n) is 15.9. The van der Waals surface area contributed by atoms with Crippen molar-refractivity contribution < 1.29 is 22.7 Å².